The van der Waals surface area contributed by atoms with Crippen LogP contribution in [0.1, 0.15) is 29.6 Å². The highest BCUT2D eigenvalue weighted by atomic mass is 19.1. The number of amides is 1. The lowest BCUT2D eigenvalue weighted by atomic mass is 9.94. The van der Waals surface area contributed by atoms with E-state index in [-0.39, 0.29) is 11.3 Å². The number of phenols is 1. The zero-order valence-corrected chi connectivity index (χ0v) is 10.0. The van der Waals surface area contributed by atoms with E-state index in [1.165, 1.54) is 6.07 Å². The molecule has 2 N–H and O–H groups in total. The molecule has 0 aliphatic heterocycles. The molecule has 0 heterocycles. The van der Waals surface area contributed by atoms with Crippen molar-refractivity contribution in [3.05, 3.63) is 41.7 Å². The van der Waals surface area contributed by atoms with E-state index < -0.39 is 11.7 Å². The average molecular weight is 249 g/mol. The van der Waals surface area contributed by atoms with E-state index in [2.05, 4.69) is 17.5 Å². The Morgan fingerprint density at radius 1 is 1.44 bits per heavy atom. The molecule has 0 radical (unpaired) electrons. The van der Waals surface area contributed by atoms with Gasteiger partial charge in [-0.1, -0.05) is 12.2 Å². The van der Waals surface area contributed by atoms with Crippen molar-refractivity contribution < 1.29 is 14.3 Å². The molecule has 0 saturated heterocycles. The number of nitrogens with one attached hydrogen (secondary N) is 1. The van der Waals surface area contributed by atoms with Crippen molar-refractivity contribution >= 4 is 5.91 Å². The summed E-state index contributed by atoms with van der Waals surface area (Å²) in [5.41, 5.74) is -0.0126. The summed E-state index contributed by atoms with van der Waals surface area (Å²) in [6.07, 6.45) is 7.28. The van der Waals surface area contributed by atoms with Crippen molar-refractivity contribution in [1.29, 1.82) is 0 Å². The van der Waals surface area contributed by atoms with E-state index in [4.69, 9.17) is 0 Å². The molecular weight excluding hydrogens is 233 g/mol. The minimum atomic E-state index is -0.529. The van der Waals surface area contributed by atoms with Crippen LogP contribution in [0, 0.1) is 11.7 Å². The Hall–Kier alpha value is -1.84. The third kappa shape index (κ3) is 3.09. The van der Waals surface area contributed by atoms with Crippen LogP contribution in [-0.2, 0) is 0 Å². The number of hydrogen-bond acceptors (Lipinski definition) is 2. The van der Waals surface area contributed by atoms with Gasteiger partial charge in [-0.3, -0.25) is 4.79 Å². The molecule has 0 saturated carbocycles. The zero-order valence-electron chi connectivity index (χ0n) is 10.0. The minimum absolute atomic E-state index is 0.0126. The van der Waals surface area contributed by atoms with Gasteiger partial charge in [0.2, 0.25) is 0 Å². The summed E-state index contributed by atoms with van der Waals surface area (Å²) in [5, 5.41) is 12.2. The monoisotopic (exact) mass is 249 g/mol. The summed E-state index contributed by atoms with van der Waals surface area (Å²) < 4.78 is 13.0. The number of halogens is 1. The molecule has 4 heteroatoms. The number of hydrogen-bond donors (Lipinski definition) is 2. The van der Waals surface area contributed by atoms with Crippen LogP contribution in [0.3, 0.4) is 0 Å². The highest BCUT2D eigenvalue weighted by Crippen LogP contribution is 2.19. The number of aromatic hydroxyl groups is 1. The SMILES string of the molecule is O=C(NCC1CC=CCC1)c1cc(F)ccc1O. The number of benzene rings is 1. The van der Waals surface area contributed by atoms with E-state index in [0.29, 0.717) is 12.5 Å². The molecule has 0 aromatic heterocycles. The first kappa shape index (κ1) is 12.6. The first-order valence-electron chi connectivity index (χ1n) is 6.08. The van der Waals surface area contributed by atoms with Crippen molar-refractivity contribution in [2.75, 3.05) is 6.54 Å². The van der Waals surface area contributed by atoms with Crippen LogP contribution in [0.25, 0.3) is 0 Å². The van der Waals surface area contributed by atoms with Crippen molar-refractivity contribution in [2.45, 2.75) is 19.3 Å². The topological polar surface area (TPSA) is 49.3 Å². The molecule has 2 rings (SSSR count). The molecule has 96 valence electrons. The van der Waals surface area contributed by atoms with Gasteiger partial charge in [0.25, 0.3) is 5.91 Å². The van der Waals surface area contributed by atoms with Crippen molar-refractivity contribution in [3.63, 3.8) is 0 Å². The third-order valence-electron chi connectivity index (χ3n) is 3.13. The fourth-order valence-corrected chi connectivity index (χ4v) is 2.06. The van der Waals surface area contributed by atoms with Crippen LogP contribution in [-0.4, -0.2) is 17.6 Å². The molecule has 0 fully saturated rings. The molecule has 1 aliphatic rings. The smallest absolute Gasteiger partial charge is 0.255 e. The van der Waals surface area contributed by atoms with Crippen LogP contribution < -0.4 is 5.32 Å². The molecule has 3 nitrogen and oxygen atoms in total. The Bertz CT molecular complexity index is 471. The summed E-state index contributed by atoms with van der Waals surface area (Å²) in [4.78, 5) is 11.8. The van der Waals surface area contributed by atoms with Crippen LogP contribution in [0.15, 0.2) is 30.4 Å². The Morgan fingerprint density at radius 3 is 3.00 bits per heavy atom. The number of carbonyl (C=O) groups excluding carboxylic acids is 1. The fourth-order valence-electron chi connectivity index (χ4n) is 2.06. The first-order valence-corrected chi connectivity index (χ1v) is 6.08. The second kappa shape index (κ2) is 5.67. The van der Waals surface area contributed by atoms with Gasteiger partial charge in [0.15, 0.2) is 0 Å². The van der Waals surface area contributed by atoms with Gasteiger partial charge in [-0.2, -0.15) is 0 Å². The van der Waals surface area contributed by atoms with Gasteiger partial charge in [-0.25, -0.2) is 4.39 Å². The predicted octanol–water partition coefficient (Wildman–Crippen LogP) is 2.62. The second-order valence-electron chi connectivity index (χ2n) is 4.52. The van der Waals surface area contributed by atoms with Gasteiger partial charge in [0.05, 0.1) is 5.56 Å². The summed E-state index contributed by atoms with van der Waals surface area (Å²) in [6.45, 7) is 0.555. The largest absolute Gasteiger partial charge is 0.507 e. The quantitative estimate of drug-likeness (QED) is 0.809. The maximum Gasteiger partial charge on any atom is 0.255 e. The third-order valence-corrected chi connectivity index (χ3v) is 3.13. The maximum atomic E-state index is 13.0. The van der Waals surface area contributed by atoms with Gasteiger partial charge < -0.3 is 10.4 Å². The molecule has 1 amide bonds. The Balaban J connectivity index is 1.95. The Kier molecular flexibility index (Phi) is 3.97. The lowest BCUT2D eigenvalue weighted by Crippen LogP contribution is -2.29. The fraction of sp³-hybridized carbons (Fsp3) is 0.357. The minimum Gasteiger partial charge on any atom is -0.507 e. The maximum absolute atomic E-state index is 13.0. The Morgan fingerprint density at radius 2 is 2.28 bits per heavy atom. The summed E-state index contributed by atoms with van der Waals surface area (Å²) >= 11 is 0. The van der Waals surface area contributed by atoms with Crippen molar-refractivity contribution in [1.82, 2.24) is 5.32 Å². The lowest BCUT2D eigenvalue weighted by molar-refractivity contribution is 0.0943. The number of carbonyl (C=O) groups is 1. The molecule has 1 aromatic carbocycles. The van der Waals surface area contributed by atoms with Crippen LogP contribution in [0.2, 0.25) is 0 Å². The van der Waals surface area contributed by atoms with Crippen LogP contribution in [0.4, 0.5) is 4.39 Å². The van der Waals surface area contributed by atoms with Gasteiger partial charge in [-0.05, 0) is 43.4 Å². The van der Waals surface area contributed by atoms with Gasteiger partial charge >= 0.3 is 0 Å². The van der Waals surface area contributed by atoms with E-state index in [1.807, 2.05) is 0 Å². The first-order chi connectivity index (χ1) is 8.66. The van der Waals surface area contributed by atoms with Gasteiger partial charge in [-0.15, -0.1) is 0 Å². The van der Waals surface area contributed by atoms with E-state index in [9.17, 15) is 14.3 Å². The highest BCUT2D eigenvalue weighted by Gasteiger charge is 2.15. The van der Waals surface area contributed by atoms with E-state index in [1.54, 1.807) is 0 Å². The van der Waals surface area contributed by atoms with Crippen molar-refractivity contribution in [3.8, 4) is 5.75 Å². The highest BCUT2D eigenvalue weighted by molar-refractivity contribution is 5.96. The predicted molar refractivity (Wildman–Crippen MR) is 66.9 cm³/mol. The van der Waals surface area contributed by atoms with Gasteiger partial charge in [0, 0.05) is 6.54 Å². The molecular formula is C14H16FNO2. The molecule has 0 bridgehead atoms. The van der Waals surface area contributed by atoms with Crippen LogP contribution in [0.5, 0.6) is 5.75 Å². The molecule has 18 heavy (non-hydrogen) atoms. The molecule has 1 unspecified atom stereocenters. The molecule has 1 aliphatic carbocycles. The second-order valence-corrected chi connectivity index (χ2v) is 4.52. The number of rotatable bonds is 3. The van der Waals surface area contributed by atoms with E-state index in [0.717, 1.165) is 31.4 Å². The number of phenolic OH excluding ortho intramolecular Hbond substituents is 1. The summed E-state index contributed by atoms with van der Waals surface area (Å²) in [6, 6.07) is 3.36. The summed E-state index contributed by atoms with van der Waals surface area (Å²) in [7, 11) is 0. The average Bonchev–Trinajstić information content (AvgIpc) is 2.40. The lowest BCUT2D eigenvalue weighted by Gasteiger charge is -2.18. The van der Waals surface area contributed by atoms with Crippen molar-refractivity contribution in [2.24, 2.45) is 5.92 Å². The Labute approximate surface area is 105 Å². The standard InChI is InChI=1S/C14H16FNO2/c15-11-6-7-13(17)12(8-11)14(18)16-9-10-4-2-1-3-5-10/h1-2,6-8,10,17H,3-5,9H2,(H,16,18). The molecule has 1 atom stereocenters. The molecule has 1 aromatic rings. The molecule has 0 spiro atoms. The van der Waals surface area contributed by atoms with Gasteiger partial charge in [0.1, 0.15) is 11.6 Å². The van der Waals surface area contributed by atoms with Crippen LogP contribution >= 0.6 is 0 Å². The number of allylic oxidation sites excluding steroid dienone is 2. The zero-order chi connectivity index (χ0) is 13.0. The summed E-state index contributed by atoms with van der Waals surface area (Å²) in [5.74, 6) is -0.729. The normalized spacial score (nSPS) is 18.6. The van der Waals surface area contributed by atoms with E-state index >= 15 is 0 Å².